The van der Waals surface area contributed by atoms with Crippen LogP contribution in [-0.2, 0) is 12.6 Å². The minimum Gasteiger partial charge on any atom is -0.491 e. The minimum absolute atomic E-state index is 0.0389. The van der Waals surface area contributed by atoms with Crippen molar-refractivity contribution in [3.05, 3.63) is 69.7 Å². The zero-order valence-electron chi connectivity index (χ0n) is 18.7. The molecule has 8 heteroatoms. The fourth-order valence-electron chi connectivity index (χ4n) is 3.38. The largest absolute Gasteiger partial charge is 0.491 e. The molecule has 1 aromatic heterocycles. The summed E-state index contributed by atoms with van der Waals surface area (Å²) >= 11 is 1.41. The Balaban J connectivity index is 1.77. The molecule has 0 aliphatic heterocycles. The van der Waals surface area contributed by atoms with Gasteiger partial charge in [-0.05, 0) is 43.0 Å². The zero-order valence-corrected chi connectivity index (χ0v) is 19.5. The summed E-state index contributed by atoms with van der Waals surface area (Å²) in [6.45, 7) is 5.92. The van der Waals surface area contributed by atoms with Crippen LogP contribution in [0.15, 0.2) is 42.5 Å². The van der Waals surface area contributed by atoms with Crippen molar-refractivity contribution in [1.29, 1.82) is 0 Å². The van der Waals surface area contributed by atoms with Crippen LogP contribution in [0.25, 0.3) is 10.6 Å². The summed E-state index contributed by atoms with van der Waals surface area (Å²) in [6.07, 6.45) is -3.61. The van der Waals surface area contributed by atoms with Crippen molar-refractivity contribution in [3.8, 4) is 16.3 Å². The summed E-state index contributed by atoms with van der Waals surface area (Å²) in [6, 6.07) is 10.2. The number of carbonyl (C=O) groups excluding carboxylic acids is 1. The number of thiazole rings is 1. The van der Waals surface area contributed by atoms with E-state index in [0.29, 0.717) is 28.3 Å². The highest BCUT2D eigenvalue weighted by molar-refractivity contribution is 7.15. The molecule has 0 radical (unpaired) electrons. The van der Waals surface area contributed by atoms with E-state index in [1.54, 1.807) is 12.1 Å². The van der Waals surface area contributed by atoms with E-state index < -0.39 is 11.7 Å². The zero-order chi connectivity index (χ0) is 24.2. The summed E-state index contributed by atoms with van der Waals surface area (Å²) in [5, 5.41) is 9.61. The first-order chi connectivity index (χ1) is 15.6. The molecule has 3 rings (SSSR count). The molecule has 0 aliphatic carbocycles. The van der Waals surface area contributed by atoms with Crippen molar-refractivity contribution < 1.29 is 27.8 Å². The second kappa shape index (κ2) is 10.5. The molecule has 0 bridgehead atoms. The summed E-state index contributed by atoms with van der Waals surface area (Å²) in [5.74, 6) is 0.649. The number of aromatic nitrogens is 1. The topological polar surface area (TPSA) is 59.4 Å². The lowest BCUT2D eigenvalue weighted by atomic mass is 10.0. The number of carbonyl (C=O) groups is 1. The van der Waals surface area contributed by atoms with Gasteiger partial charge in [-0.15, -0.1) is 11.3 Å². The van der Waals surface area contributed by atoms with E-state index in [1.165, 1.54) is 23.5 Å². The molecule has 0 unspecified atom stereocenters. The van der Waals surface area contributed by atoms with Crippen molar-refractivity contribution in [2.45, 2.75) is 45.7 Å². The van der Waals surface area contributed by atoms with Gasteiger partial charge >= 0.3 is 6.18 Å². The molecule has 4 nitrogen and oxygen atoms in total. The third kappa shape index (κ3) is 6.21. The number of hydrogen-bond acceptors (Lipinski definition) is 5. The molecule has 0 spiro atoms. The van der Waals surface area contributed by atoms with Gasteiger partial charge in [-0.1, -0.05) is 38.1 Å². The first kappa shape index (κ1) is 24.9. The second-order valence-corrected chi connectivity index (χ2v) is 9.12. The van der Waals surface area contributed by atoms with Gasteiger partial charge in [0.25, 0.3) is 0 Å². The third-order valence-corrected chi connectivity index (χ3v) is 6.35. The number of benzene rings is 2. The van der Waals surface area contributed by atoms with Crippen LogP contribution in [0.4, 0.5) is 13.2 Å². The molecule has 33 heavy (non-hydrogen) atoms. The maximum atomic E-state index is 12.9. The molecule has 0 atom stereocenters. The SMILES string of the molecule is Cc1ccc(C(=O)CCc2sc(-c3ccc(C(F)(F)F)cc3)nc2C(C)C)cc1OCCO. The van der Waals surface area contributed by atoms with Crippen LogP contribution in [-0.4, -0.2) is 29.1 Å². The number of aliphatic hydroxyl groups is 1. The van der Waals surface area contributed by atoms with Gasteiger partial charge in [0.05, 0.1) is 17.9 Å². The van der Waals surface area contributed by atoms with Crippen LogP contribution in [0.3, 0.4) is 0 Å². The monoisotopic (exact) mass is 477 g/mol. The average molecular weight is 478 g/mol. The van der Waals surface area contributed by atoms with Crippen LogP contribution in [0.2, 0.25) is 0 Å². The molecule has 1 N–H and O–H groups in total. The number of aryl methyl sites for hydroxylation is 2. The second-order valence-electron chi connectivity index (χ2n) is 8.03. The Bertz CT molecular complexity index is 1110. The number of ketones is 1. The summed E-state index contributed by atoms with van der Waals surface area (Å²) in [7, 11) is 0. The molecule has 3 aromatic rings. The standard InChI is InChI=1S/C25H26F3NO3S/c1-15(2)23-22(33-24(29-23)17-6-8-19(9-7-17)25(26,27)28)11-10-20(31)18-5-4-16(3)21(14-18)32-13-12-30/h4-9,14-15,30H,10-13H2,1-3H3. The number of hydrogen-bond donors (Lipinski definition) is 1. The van der Waals surface area contributed by atoms with Crippen molar-refractivity contribution in [3.63, 3.8) is 0 Å². The van der Waals surface area contributed by atoms with E-state index in [9.17, 15) is 18.0 Å². The summed E-state index contributed by atoms with van der Waals surface area (Å²) < 4.78 is 44.1. The van der Waals surface area contributed by atoms with Crippen LogP contribution in [0.1, 0.15) is 58.2 Å². The van der Waals surface area contributed by atoms with Gasteiger partial charge in [-0.3, -0.25) is 4.79 Å². The van der Waals surface area contributed by atoms with Crippen molar-refractivity contribution in [1.82, 2.24) is 4.98 Å². The number of halogens is 3. The van der Waals surface area contributed by atoms with E-state index in [1.807, 2.05) is 26.8 Å². The number of aliphatic hydroxyl groups excluding tert-OH is 1. The fourth-order valence-corrected chi connectivity index (χ4v) is 4.60. The van der Waals surface area contributed by atoms with Crippen LogP contribution < -0.4 is 4.74 Å². The molecule has 0 aliphatic rings. The highest BCUT2D eigenvalue weighted by Crippen LogP contribution is 2.35. The Kier molecular flexibility index (Phi) is 7.92. The van der Waals surface area contributed by atoms with E-state index in [-0.39, 0.29) is 31.3 Å². The molecular formula is C25H26F3NO3S. The molecule has 176 valence electrons. The summed E-state index contributed by atoms with van der Waals surface area (Å²) in [4.78, 5) is 18.4. The predicted molar refractivity (Wildman–Crippen MR) is 123 cm³/mol. The Hall–Kier alpha value is -2.71. The van der Waals surface area contributed by atoms with Crippen molar-refractivity contribution in [2.24, 2.45) is 0 Å². The third-order valence-electron chi connectivity index (χ3n) is 5.17. The van der Waals surface area contributed by atoms with Gasteiger partial charge in [-0.25, -0.2) is 4.98 Å². The lowest BCUT2D eigenvalue weighted by molar-refractivity contribution is -0.137. The first-order valence-corrected chi connectivity index (χ1v) is 11.5. The van der Waals surface area contributed by atoms with E-state index in [0.717, 1.165) is 28.3 Å². The molecular weight excluding hydrogens is 451 g/mol. The highest BCUT2D eigenvalue weighted by atomic mass is 32.1. The Labute approximate surface area is 195 Å². The van der Waals surface area contributed by atoms with Gasteiger partial charge in [0.2, 0.25) is 0 Å². The molecule has 0 fully saturated rings. The number of rotatable bonds is 9. The molecule has 1 heterocycles. The Morgan fingerprint density at radius 2 is 1.85 bits per heavy atom. The maximum Gasteiger partial charge on any atom is 0.416 e. The quantitative estimate of drug-likeness (QED) is 0.360. The smallest absolute Gasteiger partial charge is 0.416 e. The highest BCUT2D eigenvalue weighted by Gasteiger charge is 2.30. The summed E-state index contributed by atoms with van der Waals surface area (Å²) in [5.41, 5.74) is 2.20. The number of ether oxygens (including phenoxy) is 1. The normalized spacial score (nSPS) is 11.8. The van der Waals surface area contributed by atoms with E-state index in [4.69, 9.17) is 9.84 Å². The lowest BCUT2D eigenvalue weighted by Crippen LogP contribution is -2.06. The fraction of sp³-hybridized carbons (Fsp3) is 0.360. The molecule has 2 aromatic carbocycles. The van der Waals surface area contributed by atoms with Gasteiger partial charge < -0.3 is 9.84 Å². The van der Waals surface area contributed by atoms with Crippen LogP contribution in [0.5, 0.6) is 5.75 Å². The molecule has 0 amide bonds. The lowest BCUT2D eigenvalue weighted by Gasteiger charge is -2.10. The van der Waals surface area contributed by atoms with Gasteiger partial charge in [0.1, 0.15) is 17.4 Å². The average Bonchev–Trinajstić information content (AvgIpc) is 3.21. The van der Waals surface area contributed by atoms with Crippen molar-refractivity contribution in [2.75, 3.05) is 13.2 Å². The number of Topliss-reactive ketones (excluding diaryl/α,β-unsaturated/α-hetero) is 1. The number of alkyl halides is 3. The first-order valence-electron chi connectivity index (χ1n) is 10.6. The van der Waals surface area contributed by atoms with Gasteiger partial charge in [0.15, 0.2) is 5.78 Å². The van der Waals surface area contributed by atoms with Crippen molar-refractivity contribution >= 4 is 17.1 Å². The van der Waals surface area contributed by atoms with E-state index >= 15 is 0 Å². The maximum absolute atomic E-state index is 12.9. The molecule has 0 saturated carbocycles. The predicted octanol–water partition coefficient (Wildman–Crippen LogP) is 6.45. The molecule has 0 saturated heterocycles. The van der Waals surface area contributed by atoms with Gasteiger partial charge in [0, 0.05) is 22.4 Å². The van der Waals surface area contributed by atoms with E-state index in [2.05, 4.69) is 4.98 Å². The van der Waals surface area contributed by atoms with Crippen LogP contribution >= 0.6 is 11.3 Å². The van der Waals surface area contributed by atoms with Crippen LogP contribution in [0, 0.1) is 6.92 Å². The number of nitrogens with zero attached hydrogens (tertiary/aromatic N) is 1. The Morgan fingerprint density at radius 3 is 2.45 bits per heavy atom. The Morgan fingerprint density at radius 1 is 1.15 bits per heavy atom. The van der Waals surface area contributed by atoms with Gasteiger partial charge in [-0.2, -0.15) is 13.2 Å². The minimum atomic E-state index is -4.38.